The van der Waals surface area contributed by atoms with E-state index < -0.39 is 4.92 Å². The van der Waals surface area contributed by atoms with Gasteiger partial charge < -0.3 is 19.8 Å². The molecule has 1 saturated heterocycles. The third-order valence-corrected chi connectivity index (χ3v) is 5.57. The van der Waals surface area contributed by atoms with Crippen LogP contribution in [-0.2, 0) is 0 Å². The lowest BCUT2D eigenvalue weighted by atomic mass is 9.89. The number of nitro groups is 1. The van der Waals surface area contributed by atoms with Gasteiger partial charge in [-0.25, -0.2) is 0 Å². The maximum atomic E-state index is 10.9. The van der Waals surface area contributed by atoms with Crippen LogP contribution in [0.15, 0.2) is 54.7 Å². The molecule has 1 aromatic carbocycles. The Morgan fingerprint density at radius 3 is 2.50 bits per heavy atom. The minimum absolute atomic E-state index is 0.194. The van der Waals surface area contributed by atoms with Gasteiger partial charge in [0.15, 0.2) is 11.4 Å². The zero-order chi connectivity index (χ0) is 21.1. The second-order valence-electron chi connectivity index (χ2n) is 7.69. The van der Waals surface area contributed by atoms with Crippen LogP contribution in [0.1, 0.15) is 30.0 Å². The highest BCUT2D eigenvalue weighted by atomic mass is 16.6. The van der Waals surface area contributed by atoms with Crippen molar-refractivity contribution in [1.29, 1.82) is 0 Å². The quantitative estimate of drug-likeness (QED) is 0.441. The Hall–Kier alpha value is -3.32. The SMILES string of the molecule is Cc1nc([N+](=O)[O-])ccc1Oc1ccnc(-c2ccc(C3CCN(C)CC3)cc2)c1. The predicted molar refractivity (Wildman–Crippen MR) is 115 cm³/mol. The second kappa shape index (κ2) is 8.59. The van der Waals surface area contributed by atoms with Crippen molar-refractivity contribution in [1.82, 2.24) is 14.9 Å². The van der Waals surface area contributed by atoms with Crippen LogP contribution in [0.25, 0.3) is 11.3 Å². The summed E-state index contributed by atoms with van der Waals surface area (Å²) in [5.74, 6) is 1.52. The van der Waals surface area contributed by atoms with Crippen LogP contribution in [-0.4, -0.2) is 39.9 Å². The van der Waals surface area contributed by atoms with Gasteiger partial charge in [0.1, 0.15) is 5.75 Å². The van der Waals surface area contributed by atoms with Crippen LogP contribution < -0.4 is 4.74 Å². The summed E-state index contributed by atoms with van der Waals surface area (Å²) >= 11 is 0. The molecule has 0 saturated carbocycles. The van der Waals surface area contributed by atoms with E-state index in [-0.39, 0.29) is 5.82 Å². The molecule has 0 aliphatic carbocycles. The van der Waals surface area contributed by atoms with Crippen LogP contribution in [0.5, 0.6) is 11.5 Å². The first-order valence-corrected chi connectivity index (χ1v) is 10.0. The Labute approximate surface area is 175 Å². The second-order valence-corrected chi connectivity index (χ2v) is 7.69. The molecule has 7 heteroatoms. The molecule has 30 heavy (non-hydrogen) atoms. The molecule has 0 radical (unpaired) electrons. The van der Waals surface area contributed by atoms with E-state index in [0.29, 0.717) is 23.1 Å². The Kier molecular flexibility index (Phi) is 5.72. The van der Waals surface area contributed by atoms with Gasteiger partial charge in [0.25, 0.3) is 0 Å². The van der Waals surface area contributed by atoms with Crippen molar-refractivity contribution in [2.75, 3.05) is 20.1 Å². The molecule has 4 rings (SSSR count). The van der Waals surface area contributed by atoms with E-state index in [9.17, 15) is 10.1 Å². The highest BCUT2D eigenvalue weighted by Gasteiger charge is 2.18. The first-order chi connectivity index (χ1) is 14.5. The van der Waals surface area contributed by atoms with Crippen LogP contribution in [0.3, 0.4) is 0 Å². The normalized spacial score (nSPS) is 15.1. The molecule has 0 N–H and O–H groups in total. The third-order valence-electron chi connectivity index (χ3n) is 5.57. The largest absolute Gasteiger partial charge is 0.453 e. The fraction of sp³-hybridized carbons (Fsp3) is 0.304. The standard InChI is InChI=1S/C23H24N4O3/c1-16-22(7-8-23(25-16)27(28)29)30-20-9-12-24-21(15-20)19-5-3-17(4-6-19)18-10-13-26(2)14-11-18/h3-9,12,15,18H,10-11,13-14H2,1-2H3. The van der Waals surface area contributed by atoms with Gasteiger partial charge in [-0.3, -0.25) is 4.98 Å². The summed E-state index contributed by atoms with van der Waals surface area (Å²) < 4.78 is 5.91. The van der Waals surface area contributed by atoms with Gasteiger partial charge >= 0.3 is 5.82 Å². The van der Waals surface area contributed by atoms with E-state index in [2.05, 4.69) is 46.2 Å². The van der Waals surface area contributed by atoms with Crippen molar-refractivity contribution in [2.45, 2.75) is 25.7 Å². The summed E-state index contributed by atoms with van der Waals surface area (Å²) in [7, 11) is 2.17. The van der Waals surface area contributed by atoms with Gasteiger partial charge in [-0.15, -0.1) is 0 Å². The average molecular weight is 404 g/mol. The average Bonchev–Trinajstić information content (AvgIpc) is 2.76. The van der Waals surface area contributed by atoms with Crippen molar-refractivity contribution in [3.8, 4) is 22.8 Å². The number of aromatic nitrogens is 2. The molecule has 1 aliphatic rings. The number of hydrogen-bond donors (Lipinski definition) is 0. The van der Waals surface area contributed by atoms with Crippen LogP contribution in [0.2, 0.25) is 0 Å². The minimum Gasteiger partial charge on any atom is -0.453 e. The number of rotatable bonds is 5. The van der Waals surface area contributed by atoms with Gasteiger partial charge in [0.05, 0.1) is 5.69 Å². The number of aryl methyl sites for hydroxylation is 1. The molecular weight excluding hydrogens is 380 g/mol. The number of ether oxygens (including phenoxy) is 1. The molecule has 0 spiro atoms. The number of likely N-dealkylation sites (tertiary alicyclic amines) is 1. The third kappa shape index (κ3) is 4.46. The zero-order valence-corrected chi connectivity index (χ0v) is 17.1. The van der Waals surface area contributed by atoms with Crippen molar-refractivity contribution in [3.63, 3.8) is 0 Å². The summed E-state index contributed by atoms with van der Waals surface area (Å²) in [6.45, 7) is 3.97. The first kappa shape index (κ1) is 20.0. The van der Waals surface area contributed by atoms with E-state index in [1.165, 1.54) is 24.5 Å². The van der Waals surface area contributed by atoms with Crippen LogP contribution in [0, 0.1) is 17.0 Å². The van der Waals surface area contributed by atoms with Gasteiger partial charge in [0, 0.05) is 30.8 Å². The lowest BCUT2D eigenvalue weighted by Crippen LogP contribution is -2.29. The van der Waals surface area contributed by atoms with Gasteiger partial charge in [-0.2, -0.15) is 0 Å². The Bertz CT molecular complexity index is 1040. The highest BCUT2D eigenvalue weighted by molar-refractivity contribution is 5.61. The summed E-state index contributed by atoms with van der Waals surface area (Å²) in [5.41, 5.74) is 3.68. The smallest absolute Gasteiger partial charge is 0.363 e. The molecule has 0 bridgehead atoms. The molecule has 0 amide bonds. The molecule has 0 atom stereocenters. The molecule has 7 nitrogen and oxygen atoms in total. The molecule has 1 fully saturated rings. The van der Waals surface area contributed by atoms with Gasteiger partial charge in [-0.1, -0.05) is 24.3 Å². The van der Waals surface area contributed by atoms with Crippen molar-refractivity contribution in [2.24, 2.45) is 0 Å². The zero-order valence-electron chi connectivity index (χ0n) is 17.1. The van der Waals surface area contributed by atoms with Crippen molar-refractivity contribution < 1.29 is 9.66 Å². The van der Waals surface area contributed by atoms with Crippen LogP contribution >= 0.6 is 0 Å². The Balaban J connectivity index is 1.50. The van der Waals surface area contributed by atoms with Gasteiger partial charge in [-0.05, 0) is 66.5 Å². The molecule has 2 aromatic heterocycles. The summed E-state index contributed by atoms with van der Waals surface area (Å²) in [6, 6.07) is 15.2. The topological polar surface area (TPSA) is 81.4 Å². The molecule has 1 aliphatic heterocycles. The number of benzene rings is 1. The predicted octanol–water partition coefficient (Wildman–Crippen LogP) is 4.96. The fourth-order valence-corrected chi connectivity index (χ4v) is 3.77. The number of nitrogens with zero attached hydrogens (tertiary/aromatic N) is 4. The van der Waals surface area contributed by atoms with E-state index in [0.717, 1.165) is 24.3 Å². The maximum Gasteiger partial charge on any atom is 0.363 e. The summed E-state index contributed by atoms with van der Waals surface area (Å²) in [4.78, 5) is 21.2. The molecule has 154 valence electrons. The van der Waals surface area contributed by atoms with E-state index in [1.54, 1.807) is 25.3 Å². The monoisotopic (exact) mass is 404 g/mol. The van der Waals surface area contributed by atoms with E-state index in [1.807, 2.05) is 6.07 Å². The molecule has 3 heterocycles. The van der Waals surface area contributed by atoms with Crippen molar-refractivity contribution in [3.05, 3.63) is 76.1 Å². The number of hydrogen-bond acceptors (Lipinski definition) is 6. The molecule has 3 aromatic rings. The first-order valence-electron chi connectivity index (χ1n) is 10.0. The Morgan fingerprint density at radius 2 is 1.83 bits per heavy atom. The van der Waals surface area contributed by atoms with Crippen LogP contribution in [0.4, 0.5) is 5.82 Å². The Morgan fingerprint density at radius 1 is 1.10 bits per heavy atom. The number of pyridine rings is 2. The number of piperidine rings is 1. The summed E-state index contributed by atoms with van der Waals surface area (Å²) in [5, 5.41) is 10.9. The minimum atomic E-state index is -0.517. The lowest BCUT2D eigenvalue weighted by Gasteiger charge is -2.29. The summed E-state index contributed by atoms with van der Waals surface area (Å²) in [6.07, 6.45) is 4.09. The highest BCUT2D eigenvalue weighted by Crippen LogP contribution is 2.31. The van der Waals surface area contributed by atoms with E-state index >= 15 is 0 Å². The molecule has 0 unspecified atom stereocenters. The van der Waals surface area contributed by atoms with Crippen molar-refractivity contribution >= 4 is 5.82 Å². The van der Waals surface area contributed by atoms with Gasteiger partial charge in [0.2, 0.25) is 0 Å². The van der Waals surface area contributed by atoms with E-state index in [4.69, 9.17) is 4.74 Å². The molecular formula is C23H24N4O3. The maximum absolute atomic E-state index is 10.9. The fourth-order valence-electron chi connectivity index (χ4n) is 3.77. The lowest BCUT2D eigenvalue weighted by molar-refractivity contribution is -0.389.